The van der Waals surface area contributed by atoms with Gasteiger partial charge < -0.3 is 10.0 Å². The molecule has 0 spiro atoms. The average molecular weight is 289 g/mol. The van der Waals surface area contributed by atoms with Gasteiger partial charge in [0.05, 0.1) is 6.10 Å². The summed E-state index contributed by atoms with van der Waals surface area (Å²) in [5.74, 6) is 0. The van der Waals surface area contributed by atoms with Gasteiger partial charge in [0.25, 0.3) is 0 Å². The number of rotatable bonds is 3. The lowest BCUT2D eigenvalue weighted by Crippen LogP contribution is -2.31. The Bertz CT molecular complexity index is 410. The van der Waals surface area contributed by atoms with E-state index in [1.54, 1.807) is 0 Å². The molecule has 0 aliphatic carbocycles. The Labute approximate surface area is 130 Å². The highest BCUT2D eigenvalue weighted by molar-refractivity contribution is 5.28. The van der Waals surface area contributed by atoms with E-state index in [0.717, 1.165) is 25.2 Å². The van der Waals surface area contributed by atoms with Gasteiger partial charge in [-0.1, -0.05) is 64.3 Å². The van der Waals surface area contributed by atoms with Gasteiger partial charge in [0, 0.05) is 6.54 Å². The molecular weight excluding hydrogens is 258 g/mol. The molecule has 1 aliphatic rings. The van der Waals surface area contributed by atoms with Crippen LogP contribution in [0.2, 0.25) is 0 Å². The van der Waals surface area contributed by atoms with Gasteiger partial charge in [0.2, 0.25) is 0 Å². The molecule has 2 nitrogen and oxygen atoms in total. The SMILES string of the molecule is CC(C)(C)c1ccc(C(O)CN2CCCCCCC2)cc1. The largest absolute Gasteiger partial charge is 0.387 e. The maximum Gasteiger partial charge on any atom is 0.0916 e. The number of aliphatic hydroxyl groups is 1. The standard InChI is InChI=1S/C19H31NO/c1-19(2,3)17-11-9-16(10-12-17)18(21)15-20-13-7-5-4-6-8-14-20/h9-12,18,21H,4-8,13-15H2,1-3H3. The van der Waals surface area contributed by atoms with Crippen LogP contribution in [0.3, 0.4) is 0 Å². The molecule has 2 heteroatoms. The zero-order valence-electron chi connectivity index (χ0n) is 13.9. The molecule has 0 amide bonds. The zero-order chi connectivity index (χ0) is 15.3. The van der Waals surface area contributed by atoms with Crippen LogP contribution in [-0.4, -0.2) is 29.6 Å². The molecule has 1 atom stereocenters. The van der Waals surface area contributed by atoms with E-state index < -0.39 is 0 Å². The van der Waals surface area contributed by atoms with Crippen LogP contribution in [0.4, 0.5) is 0 Å². The smallest absolute Gasteiger partial charge is 0.0916 e. The van der Waals surface area contributed by atoms with Crippen LogP contribution >= 0.6 is 0 Å². The van der Waals surface area contributed by atoms with E-state index in [2.05, 4.69) is 49.9 Å². The predicted octanol–water partition coefficient (Wildman–Crippen LogP) is 4.28. The summed E-state index contributed by atoms with van der Waals surface area (Å²) in [5.41, 5.74) is 2.54. The summed E-state index contributed by atoms with van der Waals surface area (Å²) in [5, 5.41) is 10.5. The lowest BCUT2D eigenvalue weighted by Gasteiger charge is -2.27. The molecular formula is C19H31NO. The van der Waals surface area contributed by atoms with Crippen LogP contribution in [0.1, 0.15) is 70.1 Å². The summed E-state index contributed by atoms with van der Waals surface area (Å²) < 4.78 is 0. The Hall–Kier alpha value is -0.860. The third-order valence-corrected chi connectivity index (χ3v) is 4.54. The van der Waals surface area contributed by atoms with Crippen LogP contribution in [0.5, 0.6) is 0 Å². The molecule has 118 valence electrons. The highest BCUT2D eigenvalue weighted by Gasteiger charge is 2.17. The first-order chi connectivity index (χ1) is 9.97. The van der Waals surface area contributed by atoms with Gasteiger partial charge in [0.15, 0.2) is 0 Å². The predicted molar refractivity (Wildman–Crippen MR) is 89.6 cm³/mol. The van der Waals surface area contributed by atoms with Crippen molar-refractivity contribution in [1.29, 1.82) is 0 Å². The van der Waals surface area contributed by atoms with Crippen molar-refractivity contribution >= 4 is 0 Å². The van der Waals surface area contributed by atoms with Crippen molar-refractivity contribution in [3.8, 4) is 0 Å². The molecule has 0 radical (unpaired) electrons. The molecule has 21 heavy (non-hydrogen) atoms. The number of hydrogen-bond acceptors (Lipinski definition) is 2. The second-order valence-electron chi connectivity index (χ2n) is 7.46. The third-order valence-electron chi connectivity index (χ3n) is 4.54. The van der Waals surface area contributed by atoms with Gasteiger partial charge >= 0.3 is 0 Å². The number of nitrogens with zero attached hydrogens (tertiary/aromatic N) is 1. The second kappa shape index (κ2) is 7.42. The first-order valence-electron chi connectivity index (χ1n) is 8.48. The summed E-state index contributed by atoms with van der Waals surface area (Å²) in [7, 11) is 0. The molecule has 2 rings (SSSR count). The van der Waals surface area contributed by atoms with Crippen LogP contribution < -0.4 is 0 Å². The summed E-state index contributed by atoms with van der Waals surface area (Å²) in [4.78, 5) is 2.43. The van der Waals surface area contributed by atoms with Gasteiger partial charge in [0.1, 0.15) is 0 Å². The van der Waals surface area contributed by atoms with E-state index in [9.17, 15) is 5.11 Å². The van der Waals surface area contributed by atoms with E-state index in [-0.39, 0.29) is 11.5 Å². The molecule has 1 saturated heterocycles. The van der Waals surface area contributed by atoms with Gasteiger partial charge in [-0.25, -0.2) is 0 Å². The molecule has 1 heterocycles. The lowest BCUT2D eigenvalue weighted by atomic mass is 9.86. The van der Waals surface area contributed by atoms with Crippen LogP contribution in [0.15, 0.2) is 24.3 Å². The van der Waals surface area contributed by atoms with Gasteiger partial charge in [-0.3, -0.25) is 0 Å². The van der Waals surface area contributed by atoms with Gasteiger partial charge in [-0.05, 0) is 42.5 Å². The van der Waals surface area contributed by atoms with Crippen LogP contribution in [0, 0.1) is 0 Å². The molecule has 1 aromatic carbocycles. The fourth-order valence-electron chi connectivity index (χ4n) is 3.05. The minimum absolute atomic E-state index is 0.173. The highest BCUT2D eigenvalue weighted by Crippen LogP contribution is 2.24. The van der Waals surface area contributed by atoms with Crippen molar-refractivity contribution < 1.29 is 5.11 Å². The summed E-state index contributed by atoms with van der Waals surface area (Å²) >= 11 is 0. The summed E-state index contributed by atoms with van der Waals surface area (Å²) in [6.07, 6.45) is 6.24. The van der Waals surface area contributed by atoms with E-state index in [0.29, 0.717) is 0 Å². The second-order valence-corrected chi connectivity index (χ2v) is 7.46. The average Bonchev–Trinajstić information content (AvgIpc) is 2.41. The molecule has 0 bridgehead atoms. The molecule has 0 aromatic heterocycles. The Morgan fingerprint density at radius 3 is 2.00 bits per heavy atom. The summed E-state index contributed by atoms with van der Waals surface area (Å²) in [6.45, 7) is 9.71. The number of β-amino-alcohol motifs (C(OH)–C–C–N with tert-alkyl or cyclic N) is 1. The fourth-order valence-corrected chi connectivity index (χ4v) is 3.05. The maximum absolute atomic E-state index is 10.5. The normalized spacial score (nSPS) is 19.8. The Morgan fingerprint density at radius 1 is 0.952 bits per heavy atom. The number of aliphatic hydroxyl groups excluding tert-OH is 1. The molecule has 1 unspecified atom stereocenters. The number of benzene rings is 1. The van der Waals surface area contributed by atoms with Crippen molar-refractivity contribution in [3.63, 3.8) is 0 Å². The first kappa shape index (κ1) is 16.5. The van der Waals surface area contributed by atoms with E-state index in [4.69, 9.17) is 0 Å². The third kappa shape index (κ3) is 5.12. The molecule has 1 N–H and O–H groups in total. The number of likely N-dealkylation sites (tertiary alicyclic amines) is 1. The van der Waals surface area contributed by atoms with Crippen LogP contribution in [-0.2, 0) is 5.41 Å². The highest BCUT2D eigenvalue weighted by atomic mass is 16.3. The number of hydrogen-bond donors (Lipinski definition) is 1. The topological polar surface area (TPSA) is 23.5 Å². The Balaban J connectivity index is 1.94. The van der Waals surface area contributed by atoms with Gasteiger partial charge in [-0.2, -0.15) is 0 Å². The molecule has 1 fully saturated rings. The zero-order valence-corrected chi connectivity index (χ0v) is 13.9. The van der Waals surface area contributed by atoms with Crippen molar-refractivity contribution in [3.05, 3.63) is 35.4 Å². The molecule has 0 saturated carbocycles. The van der Waals surface area contributed by atoms with Gasteiger partial charge in [-0.15, -0.1) is 0 Å². The quantitative estimate of drug-likeness (QED) is 0.897. The summed E-state index contributed by atoms with van der Waals surface area (Å²) in [6, 6.07) is 8.50. The lowest BCUT2D eigenvalue weighted by molar-refractivity contribution is 0.108. The minimum Gasteiger partial charge on any atom is -0.387 e. The monoisotopic (exact) mass is 289 g/mol. The van der Waals surface area contributed by atoms with Crippen molar-refractivity contribution in [2.75, 3.05) is 19.6 Å². The Morgan fingerprint density at radius 2 is 1.48 bits per heavy atom. The van der Waals surface area contributed by atoms with Crippen molar-refractivity contribution in [2.45, 2.75) is 64.4 Å². The molecule has 1 aliphatic heterocycles. The fraction of sp³-hybridized carbons (Fsp3) is 0.684. The van der Waals surface area contributed by atoms with Crippen molar-refractivity contribution in [2.24, 2.45) is 0 Å². The van der Waals surface area contributed by atoms with E-state index >= 15 is 0 Å². The van der Waals surface area contributed by atoms with E-state index in [1.165, 1.54) is 37.7 Å². The first-order valence-corrected chi connectivity index (χ1v) is 8.48. The minimum atomic E-state index is -0.363. The molecule has 1 aromatic rings. The Kier molecular flexibility index (Phi) is 5.83. The van der Waals surface area contributed by atoms with Crippen molar-refractivity contribution in [1.82, 2.24) is 4.90 Å². The van der Waals surface area contributed by atoms with Crippen LogP contribution in [0.25, 0.3) is 0 Å². The maximum atomic E-state index is 10.5. The van der Waals surface area contributed by atoms with E-state index in [1.807, 2.05) is 0 Å².